The van der Waals surface area contributed by atoms with Crippen LogP contribution in [0.5, 0.6) is 0 Å². The van der Waals surface area contributed by atoms with Crippen LogP contribution in [0.3, 0.4) is 0 Å². The lowest BCUT2D eigenvalue weighted by Gasteiger charge is -2.04. The summed E-state index contributed by atoms with van der Waals surface area (Å²) in [6, 6.07) is 6.79. The molecular formula is C11H11BrN4O. The predicted molar refractivity (Wildman–Crippen MR) is 69.8 cm³/mol. The minimum atomic E-state index is -0.240. The Balaban J connectivity index is 2.17. The SMILES string of the molecule is Cc1cc(NC(=O)c2ccc(Br)c(N)c2)n[nH]1. The minimum Gasteiger partial charge on any atom is -0.398 e. The molecule has 88 valence electrons. The van der Waals surface area contributed by atoms with Crippen molar-refractivity contribution in [2.45, 2.75) is 6.92 Å². The first-order valence-corrected chi connectivity index (χ1v) is 5.74. The molecule has 0 unspecified atom stereocenters. The summed E-state index contributed by atoms with van der Waals surface area (Å²) >= 11 is 3.27. The van der Waals surface area contributed by atoms with Crippen molar-refractivity contribution in [3.8, 4) is 0 Å². The van der Waals surface area contributed by atoms with Crippen molar-refractivity contribution < 1.29 is 4.79 Å². The molecule has 0 bridgehead atoms. The van der Waals surface area contributed by atoms with Crippen molar-refractivity contribution in [2.75, 3.05) is 11.1 Å². The highest BCUT2D eigenvalue weighted by Crippen LogP contribution is 2.20. The molecule has 0 aliphatic heterocycles. The third-order valence-electron chi connectivity index (χ3n) is 2.21. The zero-order chi connectivity index (χ0) is 12.4. The number of nitrogen functional groups attached to an aromatic ring is 1. The number of rotatable bonds is 2. The molecule has 6 heteroatoms. The lowest BCUT2D eigenvalue weighted by Crippen LogP contribution is -2.12. The Morgan fingerprint density at radius 1 is 1.47 bits per heavy atom. The number of carbonyl (C=O) groups is 1. The molecule has 1 aromatic heterocycles. The number of amides is 1. The second-order valence-electron chi connectivity index (χ2n) is 3.63. The Kier molecular flexibility index (Phi) is 3.14. The van der Waals surface area contributed by atoms with Crippen LogP contribution >= 0.6 is 15.9 Å². The van der Waals surface area contributed by atoms with E-state index in [1.54, 1.807) is 24.3 Å². The Morgan fingerprint density at radius 3 is 2.82 bits per heavy atom. The molecule has 1 aromatic carbocycles. The van der Waals surface area contributed by atoms with Gasteiger partial charge >= 0.3 is 0 Å². The van der Waals surface area contributed by atoms with Crippen LogP contribution in [0.25, 0.3) is 0 Å². The number of aryl methyl sites for hydroxylation is 1. The molecule has 1 heterocycles. The third kappa shape index (κ3) is 2.65. The van der Waals surface area contributed by atoms with Gasteiger partial charge in [0.25, 0.3) is 5.91 Å². The lowest BCUT2D eigenvalue weighted by atomic mass is 10.2. The topological polar surface area (TPSA) is 83.8 Å². The molecule has 0 aliphatic rings. The maximum Gasteiger partial charge on any atom is 0.256 e. The molecule has 0 atom stereocenters. The van der Waals surface area contributed by atoms with Crippen LogP contribution < -0.4 is 11.1 Å². The zero-order valence-corrected chi connectivity index (χ0v) is 10.7. The highest BCUT2D eigenvalue weighted by molar-refractivity contribution is 9.10. The van der Waals surface area contributed by atoms with E-state index in [0.717, 1.165) is 10.2 Å². The van der Waals surface area contributed by atoms with E-state index < -0.39 is 0 Å². The molecule has 0 fully saturated rings. The van der Waals surface area contributed by atoms with Gasteiger partial charge in [-0.25, -0.2) is 0 Å². The third-order valence-corrected chi connectivity index (χ3v) is 2.93. The number of anilines is 2. The van der Waals surface area contributed by atoms with E-state index in [1.807, 2.05) is 6.92 Å². The van der Waals surface area contributed by atoms with Gasteiger partial charge in [-0.05, 0) is 41.1 Å². The number of hydrogen-bond donors (Lipinski definition) is 3. The Labute approximate surface area is 107 Å². The number of halogens is 1. The highest BCUT2D eigenvalue weighted by atomic mass is 79.9. The van der Waals surface area contributed by atoms with Crippen molar-refractivity contribution in [2.24, 2.45) is 0 Å². The first-order valence-electron chi connectivity index (χ1n) is 4.94. The van der Waals surface area contributed by atoms with Crippen LogP contribution in [0.1, 0.15) is 16.1 Å². The summed E-state index contributed by atoms with van der Waals surface area (Å²) in [5.74, 6) is 0.254. The molecule has 4 N–H and O–H groups in total. The molecule has 17 heavy (non-hydrogen) atoms. The number of carbonyl (C=O) groups excluding carboxylic acids is 1. The van der Waals surface area contributed by atoms with Gasteiger partial charge in [-0.2, -0.15) is 5.10 Å². The summed E-state index contributed by atoms with van der Waals surface area (Å²) in [5, 5.41) is 9.35. The van der Waals surface area contributed by atoms with Crippen molar-refractivity contribution in [3.63, 3.8) is 0 Å². The maximum atomic E-state index is 11.9. The fourth-order valence-electron chi connectivity index (χ4n) is 1.36. The molecule has 2 rings (SSSR count). The van der Waals surface area contributed by atoms with Gasteiger partial charge < -0.3 is 11.1 Å². The van der Waals surface area contributed by atoms with Gasteiger partial charge in [0.05, 0.1) is 0 Å². The largest absolute Gasteiger partial charge is 0.398 e. The second-order valence-corrected chi connectivity index (χ2v) is 4.48. The number of H-pyrrole nitrogens is 1. The summed E-state index contributed by atoms with van der Waals surface area (Å²) in [6.07, 6.45) is 0. The Morgan fingerprint density at radius 2 is 2.24 bits per heavy atom. The molecule has 0 spiro atoms. The van der Waals surface area contributed by atoms with Crippen LogP contribution in [0.15, 0.2) is 28.7 Å². The number of benzene rings is 1. The zero-order valence-electron chi connectivity index (χ0n) is 9.12. The predicted octanol–water partition coefficient (Wildman–Crippen LogP) is 2.32. The van der Waals surface area contributed by atoms with Gasteiger partial charge in [0.2, 0.25) is 0 Å². The smallest absolute Gasteiger partial charge is 0.256 e. The van der Waals surface area contributed by atoms with E-state index in [-0.39, 0.29) is 5.91 Å². The molecular weight excluding hydrogens is 284 g/mol. The van der Waals surface area contributed by atoms with E-state index in [0.29, 0.717) is 17.1 Å². The number of hydrogen-bond acceptors (Lipinski definition) is 3. The average molecular weight is 295 g/mol. The minimum absolute atomic E-state index is 0.240. The van der Waals surface area contributed by atoms with Crippen molar-refractivity contribution in [1.29, 1.82) is 0 Å². The number of nitrogens with two attached hydrogens (primary N) is 1. The average Bonchev–Trinajstić information content (AvgIpc) is 2.68. The van der Waals surface area contributed by atoms with Crippen LogP contribution in [-0.2, 0) is 0 Å². The van der Waals surface area contributed by atoms with Gasteiger partial charge in [-0.3, -0.25) is 9.89 Å². The van der Waals surface area contributed by atoms with Gasteiger partial charge in [0.1, 0.15) is 0 Å². The van der Waals surface area contributed by atoms with Crippen molar-refractivity contribution in [1.82, 2.24) is 10.2 Å². The van der Waals surface area contributed by atoms with Crippen molar-refractivity contribution in [3.05, 3.63) is 40.0 Å². The van der Waals surface area contributed by atoms with E-state index >= 15 is 0 Å². The van der Waals surface area contributed by atoms with E-state index in [4.69, 9.17) is 5.73 Å². The summed E-state index contributed by atoms with van der Waals surface area (Å²) < 4.78 is 0.768. The number of aromatic nitrogens is 2. The van der Waals surface area contributed by atoms with E-state index in [9.17, 15) is 4.79 Å². The summed E-state index contributed by atoms with van der Waals surface area (Å²) in [4.78, 5) is 11.9. The van der Waals surface area contributed by atoms with Gasteiger partial charge in [0, 0.05) is 27.5 Å². The number of nitrogens with one attached hydrogen (secondary N) is 2. The number of nitrogens with zero attached hydrogens (tertiary/aromatic N) is 1. The second kappa shape index (κ2) is 4.58. The van der Waals surface area contributed by atoms with Crippen LogP contribution in [0.2, 0.25) is 0 Å². The summed E-state index contributed by atoms with van der Waals surface area (Å²) in [7, 11) is 0. The molecule has 5 nitrogen and oxygen atoms in total. The Hall–Kier alpha value is -1.82. The first-order chi connectivity index (χ1) is 8.06. The standard InChI is InChI=1S/C11H11BrN4O/c1-6-4-10(16-15-6)14-11(17)7-2-3-8(12)9(13)5-7/h2-5H,13H2,1H3,(H2,14,15,16,17). The van der Waals surface area contributed by atoms with Crippen molar-refractivity contribution >= 4 is 33.3 Å². The van der Waals surface area contributed by atoms with Crippen LogP contribution in [-0.4, -0.2) is 16.1 Å². The molecule has 1 amide bonds. The van der Waals surface area contributed by atoms with E-state index in [1.165, 1.54) is 0 Å². The summed E-state index contributed by atoms with van der Waals surface area (Å²) in [6.45, 7) is 1.86. The normalized spacial score (nSPS) is 10.2. The summed E-state index contributed by atoms with van der Waals surface area (Å²) in [5.41, 5.74) is 7.61. The maximum absolute atomic E-state index is 11.9. The fraction of sp³-hybridized carbons (Fsp3) is 0.0909. The molecule has 0 radical (unpaired) electrons. The van der Waals surface area contributed by atoms with Gasteiger partial charge in [-0.1, -0.05) is 0 Å². The van der Waals surface area contributed by atoms with Gasteiger partial charge in [0.15, 0.2) is 5.82 Å². The molecule has 0 aliphatic carbocycles. The Bertz CT molecular complexity index is 564. The monoisotopic (exact) mass is 294 g/mol. The highest BCUT2D eigenvalue weighted by Gasteiger charge is 2.09. The fourth-order valence-corrected chi connectivity index (χ4v) is 1.60. The lowest BCUT2D eigenvalue weighted by molar-refractivity contribution is 0.102. The van der Waals surface area contributed by atoms with E-state index in [2.05, 4.69) is 31.4 Å². The van der Waals surface area contributed by atoms with Gasteiger partial charge in [-0.15, -0.1) is 0 Å². The number of aromatic amines is 1. The first kappa shape index (κ1) is 11.7. The molecule has 0 saturated carbocycles. The quantitative estimate of drug-likeness (QED) is 0.743. The molecule has 2 aromatic rings. The van der Waals surface area contributed by atoms with Crippen LogP contribution in [0.4, 0.5) is 11.5 Å². The van der Waals surface area contributed by atoms with Crippen LogP contribution in [0, 0.1) is 6.92 Å². The molecule has 0 saturated heterocycles.